The smallest absolute Gasteiger partial charge is 0.312 e. The van der Waals surface area contributed by atoms with Gasteiger partial charge in [-0.3, -0.25) is 9.59 Å². The molecule has 2 aliphatic heterocycles. The number of hydrogen-bond donors (Lipinski definition) is 2. The van der Waals surface area contributed by atoms with E-state index in [0.717, 1.165) is 25.7 Å². The van der Waals surface area contributed by atoms with E-state index in [1.54, 1.807) is 4.90 Å². The lowest BCUT2D eigenvalue weighted by atomic mass is 9.98. The number of piperidine rings is 1. The van der Waals surface area contributed by atoms with Crippen LogP contribution >= 0.6 is 0 Å². The molecule has 0 saturated carbocycles. The minimum Gasteiger partial charge on any atom is -0.361 e. The minimum atomic E-state index is -0.850. The maximum Gasteiger partial charge on any atom is 0.312 e. The van der Waals surface area contributed by atoms with Crippen molar-refractivity contribution in [3.8, 4) is 0 Å². The monoisotopic (exact) mass is 197 g/mol. The topological polar surface area (TPSA) is 89.4 Å². The van der Waals surface area contributed by atoms with E-state index in [-0.39, 0.29) is 18.1 Å². The Hall–Kier alpha value is -1.10. The second-order valence-corrected chi connectivity index (χ2v) is 4.19. The van der Waals surface area contributed by atoms with Gasteiger partial charge in [0.2, 0.25) is 0 Å². The third kappa shape index (κ3) is 1.37. The van der Waals surface area contributed by atoms with Crippen LogP contribution in [-0.4, -0.2) is 34.8 Å². The van der Waals surface area contributed by atoms with Crippen LogP contribution in [0.3, 0.4) is 0 Å². The van der Waals surface area contributed by atoms with Crippen LogP contribution in [0, 0.1) is 0 Å². The summed E-state index contributed by atoms with van der Waals surface area (Å²) in [5, 5.41) is 0. The maximum absolute atomic E-state index is 11.5. The van der Waals surface area contributed by atoms with E-state index in [1.807, 2.05) is 0 Å². The van der Waals surface area contributed by atoms with Crippen LogP contribution in [0.2, 0.25) is 0 Å². The van der Waals surface area contributed by atoms with Crippen molar-refractivity contribution < 1.29 is 9.59 Å². The van der Waals surface area contributed by atoms with Gasteiger partial charge in [0.05, 0.1) is 0 Å². The van der Waals surface area contributed by atoms with Gasteiger partial charge < -0.3 is 16.4 Å². The van der Waals surface area contributed by atoms with E-state index >= 15 is 0 Å². The Kier molecular flexibility index (Phi) is 2.19. The molecule has 2 bridgehead atoms. The molecule has 0 spiro atoms. The summed E-state index contributed by atoms with van der Waals surface area (Å²) in [4.78, 5) is 23.9. The first-order valence-corrected chi connectivity index (χ1v) is 4.97. The summed E-state index contributed by atoms with van der Waals surface area (Å²) in [6.07, 6.45) is 3.51. The van der Waals surface area contributed by atoms with Crippen molar-refractivity contribution in [3.05, 3.63) is 0 Å². The first-order valence-electron chi connectivity index (χ1n) is 4.97. The molecule has 2 unspecified atom stereocenters. The summed E-state index contributed by atoms with van der Waals surface area (Å²) < 4.78 is 0. The summed E-state index contributed by atoms with van der Waals surface area (Å²) in [5.74, 6) is -1.39. The van der Waals surface area contributed by atoms with Gasteiger partial charge >= 0.3 is 11.8 Å². The SMILES string of the molecule is NC(=O)C(=O)N1C2CCC1CC(N)C2. The number of hydrogen-bond acceptors (Lipinski definition) is 3. The van der Waals surface area contributed by atoms with Crippen LogP contribution in [-0.2, 0) is 9.59 Å². The van der Waals surface area contributed by atoms with E-state index in [4.69, 9.17) is 11.5 Å². The van der Waals surface area contributed by atoms with E-state index in [2.05, 4.69) is 0 Å². The molecular formula is C9H15N3O2. The van der Waals surface area contributed by atoms with E-state index < -0.39 is 11.8 Å². The summed E-state index contributed by atoms with van der Waals surface area (Å²) >= 11 is 0. The lowest BCUT2D eigenvalue weighted by Crippen LogP contribution is -2.53. The molecule has 2 saturated heterocycles. The number of carbonyl (C=O) groups is 2. The van der Waals surface area contributed by atoms with Crippen molar-refractivity contribution >= 4 is 11.8 Å². The summed E-state index contributed by atoms with van der Waals surface area (Å²) in [7, 11) is 0. The van der Waals surface area contributed by atoms with Crippen molar-refractivity contribution in [2.45, 2.75) is 43.8 Å². The molecule has 2 amide bonds. The molecule has 5 heteroatoms. The molecule has 4 N–H and O–H groups in total. The normalized spacial score (nSPS) is 35.8. The van der Waals surface area contributed by atoms with Gasteiger partial charge in [-0.25, -0.2) is 0 Å². The Morgan fingerprint density at radius 2 is 1.64 bits per heavy atom. The first-order chi connectivity index (χ1) is 6.59. The summed E-state index contributed by atoms with van der Waals surface area (Å²) in [6, 6.07) is 0.455. The standard InChI is InChI=1S/C9H15N3O2/c10-5-3-6-1-2-7(4-5)12(6)9(14)8(11)13/h5-7H,1-4,10H2,(H2,11,13). The lowest BCUT2D eigenvalue weighted by molar-refractivity contribution is -0.147. The highest BCUT2D eigenvalue weighted by Gasteiger charge is 2.43. The van der Waals surface area contributed by atoms with Gasteiger partial charge in [-0.15, -0.1) is 0 Å². The maximum atomic E-state index is 11.5. The van der Waals surface area contributed by atoms with E-state index in [9.17, 15) is 9.59 Å². The van der Waals surface area contributed by atoms with Crippen LogP contribution < -0.4 is 11.5 Å². The summed E-state index contributed by atoms with van der Waals surface area (Å²) in [6.45, 7) is 0. The van der Waals surface area contributed by atoms with E-state index in [0.29, 0.717) is 0 Å². The van der Waals surface area contributed by atoms with Gasteiger partial charge in [-0.2, -0.15) is 0 Å². The minimum absolute atomic E-state index is 0.142. The Labute approximate surface area is 82.4 Å². The van der Waals surface area contributed by atoms with Gasteiger partial charge in [0.1, 0.15) is 0 Å². The zero-order valence-corrected chi connectivity index (χ0v) is 7.98. The molecule has 0 aromatic carbocycles. The molecule has 0 aliphatic carbocycles. The highest BCUT2D eigenvalue weighted by atomic mass is 16.2. The quantitative estimate of drug-likeness (QED) is 0.486. The summed E-state index contributed by atoms with van der Waals surface area (Å²) in [5.41, 5.74) is 10.8. The molecule has 0 aromatic rings. The molecular weight excluding hydrogens is 182 g/mol. The third-order valence-corrected chi connectivity index (χ3v) is 3.21. The molecule has 78 valence electrons. The fourth-order valence-electron chi connectivity index (χ4n) is 2.68. The molecule has 2 heterocycles. The molecule has 2 rings (SSSR count). The van der Waals surface area contributed by atoms with Crippen LogP contribution in [0.5, 0.6) is 0 Å². The number of carbonyl (C=O) groups excluding carboxylic acids is 2. The van der Waals surface area contributed by atoms with E-state index in [1.165, 1.54) is 0 Å². The number of rotatable bonds is 0. The third-order valence-electron chi connectivity index (χ3n) is 3.21. The molecule has 2 fully saturated rings. The van der Waals surface area contributed by atoms with Crippen LogP contribution in [0.25, 0.3) is 0 Å². The zero-order valence-electron chi connectivity index (χ0n) is 7.98. The molecule has 0 aromatic heterocycles. The number of primary amides is 1. The lowest BCUT2D eigenvalue weighted by Gasteiger charge is -2.36. The van der Waals surface area contributed by atoms with Gasteiger partial charge in [-0.1, -0.05) is 0 Å². The predicted molar refractivity (Wildman–Crippen MR) is 50.1 cm³/mol. The largest absolute Gasteiger partial charge is 0.361 e. The Bertz CT molecular complexity index is 265. The number of nitrogens with zero attached hydrogens (tertiary/aromatic N) is 1. The van der Waals surface area contributed by atoms with Crippen LogP contribution in [0.1, 0.15) is 25.7 Å². The van der Waals surface area contributed by atoms with Crippen LogP contribution in [0.15, 0.2) is 0 Å². The second-order valence-electron chi connectivity index (χ2n) is 4.19. The van der Waals surface area contributed by atoms with Crippen molar-refractivity contribution in [1.82, 2.24) is 4.90 Å². The van der Waals surface area contributed by atoms with Gasteiger partial charge in [0.25, 0.3) is 0 Å². The first kappa shape index (κ1) is 9.45. The van der Waals surface area contributed by atoms with Gasteiger partial charge in [0, 0.05) is 18.1 Å². The van der Waals surface area contributed by atoms with Crippen molar-refractivity contribution in [2.75, 3.05) is 0 Å². The van der Waals surface area contributed by atoms with Crippen molar-refractivity contribution in [2.24, 2.45) is 11.5 Å². The molecule has 2 aliphatic rings. The number of nitrogens with two attached hydrogens (primary N) is 2. The highest BCUT2D eigenvalue weighted by molar-refractivity contribution is 6.34. The van der Waals surface area contributed by atoms with Crippen LogP contribution in [0.4, 0.5) is 0 Å². The zero-order chi connectivity index (χ0) is 10.3. The number of fused-ring (bicyclic) bond motifs is 2. The second kappa shape index (κ2) is 3.24. The van der Waals surface area contributed by atoms with Gasteiger partial charge in [-0.05, 0) is 25.7 Å². The Morgan fingerprint density at radius 3 is 2.07 bits per heavy atom. The number of amides is 2. The molecule has 0 radical (unpaired) electrons. The highest BCUT2D eigenvalue weighted by Crippen LogP contribution is 2.34. The molecule has 14 heavy (non-hydrogen) atoms. The van der Waals surface area contributed by atoms with Crippen molar-refractivity contribution in [3.63, 3.8) is 0 Å². The molecule has 5 nitrogen and oxygen atoms in total. The Morgan fingerprint density at radius 1 is 1.14 bits per heavy atom. The fourth-order valence-corrected chi connectivity index (χ4v) is 2.68. The van der Waals surface area contributed by atoms with Crippen molar-refractivity contribution in [1.29, 1.82) is 0 Å². The predicted octanol–water partition coefficient (Wildman–Crippen LogP) is -1.05. The molecule has 2 atom stereocenters. The average molecular weight is 197 g/mol. The van der Waals surface area contributed by atoms with Gasteiger partial charge in [0.15, 0.2) is 0 Å². The fraction of sp³-hybridized carbons (Fsp3) is 0.778. The Balaban J connectivity index is 2.15. The average Bonchev–Trinajstić information content (AvgIpc) is 2.37.